The molecule has 0 saturated carbocycles. The van der Waals surface area contributed by atoms with Gasteiger partial charge < -0.3 is 15.2 Å². The Balaban J connectivity index is 2.20. The second kappa shape index (κ2) is 5.64. The van der Waals surface area contributed by atoms with E-state index in [9.17, 15) is 4.79 Å². The van der Waals surface area contributed by atoms with Gasteiger partial charge in [-0.2, -0.15) is 0 Å². The average molecular weight is 301 g/mol. The zero-order valence-corrected chi connectivity index (χ0v) is 11.5. The van der Waals surface area contributed by atoms with Gasteiger partial charge in [0.2, 0.25) is 0 Å². The van der Waals surface area contributed by atoms with Crippen molar-refractivity contribution in [3.63, 3.8) is 0 Å². The number of aromatic nitrogens is 2. The van der Waals surface area contributed by atoms with E-state index in [-0.39, 0.29) is 5.56 Å². The molecule has 1 saturated heterocycles. The van der Waals surface area contributed by atoms with Crippen LogP contribution in [0.3, 0.4) is 0 Å². The Bertz CT molecular complexity index is 434. The van der Waals surface area contributed by atoms with Crippen molar-refractivity contribution in [3.8, 4) is 0 Å². The highest BCUT2D eigenvalue weighted by atomic mass is 79.9. The molecule has 2 rings (SSSR count). The second-order valence-electron chi connectivity index (χ2n) is 4.17. The van der Waals surface area contributed by atoms with E-state index in [0.29, 0.717) is 10.5 Å². The lowest BCUT2D eigenvalue weighted by molar-refractivity contribution is 0.583. The third-order valence-corrected chi connectivity index (χ3v) is 3.77. The highest BCUT2D eigenvalue weighted by Crippen LogP contribution is 2.27. The average Bonchev–Trinajstić information content (AvgIpc) is 2.78. The number of rotatable bonds is 4. The molecule has 0 bridgehead atoms. The molecule has 0 aliphatic carbocycles. The van der Waals surface area contributed by atoms with E-state index in [2.05, 4.69) is 43.0 Å². The fourth-order valence-corrected chi connectivity index (χ4v) is 2.66. The smallest absolute Gasteiger partial charge is 0.267 e. The minimum atomic E-state index is -0.121. The van der Waals surface area contributed by atoms with Crippen molar-refractivity contribution in [2.24, 2.45) is 0 Å². The van der Waals surface area contributed by atoms with Crippen molar-refractivity contribution in [2.75, 3.05) is 24.5 Å². The lowest BCUT2D eigenvalue weighted by Crippen LogP contribution is -2.39. The maximum absolute atomic E-state index is 11.5. The van der Waals surface area contributed by atoms with E-state index in [1.807, 2.05) is 0 Å². The molecule has 0 spiro atoms. The fourth-order valence-electron chi connectivity index (χ4n) is 2.21. The number of hydrogen-bond acceptors (Lipinski definition) is 4. The van der Waals surface area contributed by atoms with Gasteiger partial charge in [-0.05, 0) is 35.3 Å². The summed E-state index contributed by atoms with van der Waals surface area (Å²) in [5, 5.41) is 3.35. The minimum absolute atomic E-state index is 0.121. The number of anilines is 1. The molecule has 1 unspecified atom stereocenters. The van der Waals surface area contributed by atoms with Crippen LogP contribution in [0, 0.1) is 0 Å². The van der Waals surface area contributed by atoms with Crippen LogP contribution >= 0.6 is 15.9 Å². The normalized spacial score (nSPS) is 19.9. The van der Waals surface area contributed by atoms with Crippen LogP contribution in [0.25, 0.3) is 0 Å². The summed E-state index contributed by atoms with van der Waals surface area (Å²) in [6.45, 7) is 4.97. The van der Waals surface area contributed by atoms with Gasteiger partial charge in [0.1, 0.15) is 4.47 Å². The van der Waals surface area contributed by atoms with Crippen molar-refractivity contribution >= 4 is 21.7 Å². The number of likely N-dealkylation sites (N-methyl/N-ethyl adjacent to an activating group) is 1. The van der Waals surface area contributed by atoms with Gasteiger partial charge in [0.05, 0.1) is 6.33 Å². The third kappa shape index (κ3) is 2.69. The van der Waals surface area contributed by atoms with Crippen LogP contribution in [0.4, 0.5) is 5.82 Å². The largest absolute Gasteiger partial charge is 0.351 e. The Hall–Kier alpha value is -0.880. The van der Waals surface area contributed by atoms with E-state index in [1.165, 1.54) is 6.33 Å². The maximum atomic E-state index is 11.5. The van der Waals surface area contributed by atoms with Crippen LogP contribution < -0.4 is 15.8 Å². The predicted molar refractivity (Wildman–Crippen MR) is 71.5 cm³/mol. The molecule has 5 nitrogen and oxygen atoms in total. The molecule has 1 aliphatic heterocycles. The lowest BCUT2D eigenvalue weighted by atomic mass is 10.2. The van der Waals surface area contributed by atoms with Crippen LogP contribution in [0.5, 0.6) is 0 Å². The van der Waals surface area contributed by atoms with Gasteiger partial charge in [-0.3, -0.25) is 4.79 Å². The molecule has 94 valence electrons. The number of H-pyrrole nitrogens is 1. The molecule has 0 radical (unpaired) electrons. The summed E-state index contributed by atoms with van der Waals surface area (Å²) in [5.74, 6) is 0.758. The van der Waals surface area contributed by atoms with E-state index >= 15 is 0 Å². The first-order valence-corrected chi connectivity index (χ1v) is 6.74. The van der Waals surface area contributed by atoms with E-state index in [0.717, 1.165) is 38.3 Å². The molecule has 1 fully saturated rings. The minimum Gasteiger partial charge on any atom is -0.351 e. The molecule has 0 aromatic carbocycles. The van der Waals surface area contributed by atoms with Crippen molar-refractivity contribution in [1.82, 2.24) is 15.3 Å². The zero-order chi connectivity index (χ0) is 12.3. The van der Waals surface area contributed by atoms with Crippen LogP contribution in [-0.4, -0.2) is 35.6 Å². The first kappa shape index (κ1) is 12.6. The monoisotopic (exact) mass is 300 g/mol. The van der Waals surface area contributed by atoms with Crippen LogP contribution in [0.15, 0.2) is 15.6 Å². The molecule has 6 heteroatoms. The molecule has 2 N–H and O–H groups in total. The van der Waals surface area contributed by atoms with Crippen molar-refractivity contribution < 1.29 is 0 Å². The van der Waals surface area contributed by atoms with Gasteiger partial charge in [-0.15, -0.1) is 0 Å². The third-order valence-electron chi connectivity index (χ3n) is 3.06. The number of hydrogen-bond donors (Lipinski definition) is 2. The van der Waals surface area contributed by atoms with Gasteiger partial charge in [-0.25, -0.2) is 4.98 Å². The van der Waals surface area contributed by atoms with Crippen molar-refractivity contribution in [1.29, 1.82) is 0 Å². The summed E-state index contributed by atoms with van der Waals surface area (Å²) in [6.07, 6.45) is 3.76. The molecule has 1 atom stereocenters. The van der Waals surface area contributed by atoms with Gasteiger partial charge in [0, 0.05) is 19.1 Å². The van der Waals surface area contributed by atoms with Gasteiger partial charge in [-0.1, -0.05) is 6.92 Å². The summed E-state index contributed by atoms with van der Waals surface area (Å²) in [7, 11) is 0. The molecule has 1 aliphatic rings. The quantitative estimate of drug-likeness (QED) is 0.874. The summed E-state index contributed by atoms with van der Waals surface area (Å²) in [4.78, 5) is 20.6. The first-order chi connectivity index (χ1) is 8.24. The van der Waals surface area contributed by atoms with Crippen LogP contribution in [0.2, 0.25) is 0 Å². The van der Waals surface area contributed by atoms with Gasteiger partial charge in [0.15, 0.2) is 5.82 Å². The standard InChI is InChI=1S/C11H17BrN4O/c1-2-13-6-8-4-3-5-16(8)10-9(12)11(17)15-7-14-10/h7-8,13H,2-6H2,1H3,(H,14,15,17). The Morgan fingerprint density at radius 1 is 1.71 bits per heavy atom. The van der Waals surface area contributed by atoms with Crippen LogP contribution in [-0.2, 0) is 0 Å². The van der Waals surface area contributed by atoms with Crippen LogP contribution in [0.1, 0.15) is 19.8 Å². The lowest BCUT2D eigenvalue weighted by Gasteiger charge is -2.26. The Morgan fingerprint density at radius 3 is 3.29 bits per heavy atom. The number of halogens is 1. The fraction of sp³-hybridized carbons (Fsp3) is 0.636. The molecular formula is C11H17BrN4O. The predicted octanol–water partition coefficient (Wildman–Crippen LogP) is 1.11. The summed E-state index contributed by atoms with van der Waals surface area (Å²) >= 11 is 3.32. The molecule has 2 heterocycles. The number of aromatic amines is 1. The number of nitrogens with one attached hydrogen (secondary N) is 2. The number of nitrogens with zero attached hydrogens (tertiary/aromatic N) is 2. The highest BCUT2D eigenvalue weighted by molar-refractivity contribution is 9.10. The first-order valence-electron chi connectivity index (χ1n) is 5.94. The van der Waals surface area contributed by atoms with E-state index < -0.39 is 0 Å². The molecule has 1 aromatic heterocycles. The Kier molecular flexibility index (Phi) is 4.17. The maximum Gasteiger partial charge on any atom is 0.267 e. The Morgan fingerprint density at radius 2 is 2.53 bits per heavy atom. The van der Waals surface area contributed by atoms with E-state index in [1.54, 1.807) is 0 Å². The van der Waals surface area contributed by atoms with Gasteiger partial charge in [0.25, 0.3) is 5.56 Å². The Labute approximate surface area is 109 Å². The summed E-state index contributed by atoms with van der Waals surface area (Å²) < 4.78 is 0.531. The van der Waals surface area contributed by atoms with E-state index in [4.69, 9.17) is 0 Å². The van der Waals surface area contributed by atoms with Gasteiger partial charge >= 0.3 is 0 Å². The highest BCUT2D eigenvalue weighted by Gasteiger charge is 2.27. The molecule has 17 heavy (non-hydrogen) atoms. The molecule has 0 amide bonds. The van der Waals surface area contributed by atoms with Crippen molar-refractivity contribution in [2.45, 2.75) is 25.8 Å². The topological polar surface area (TPSA) is 61.0 Å². The summed E-state index contributed by atoms with van der Waals surface area (Å²) in [5.41, 5.74) is -0.121. The SMILES string of the molecule is CCNCC1CCCN1c1nc[nH]c(=O)c1Br. The zero-order valence-electron chi connectivity index (χ0n) is 9.87. The molecular weight excluding hydrogens is 284 g/mol. The van der Waals surface area contributed by atoms with Crippen molar-refractivity contribution in [3.05, 3.63) is 21.2 Å². The molecule has 1 aromatic rings. The summed E-state index contributed by atoms with van der Waals surface area (Å²) in [6, 6.07) is 0.431. The second-order valence-corrected chi connectivity index (χ2v) is 4.96.